The van der Waals surface area contributed by atoms with E-state index < -0.39 is 0 Å². The van der Waals surface area contributed by atoms with E-state index in [0.29, 0.717) is 24.7 Å². The van der Waals surface area contributed by atoms with Crippen LogP contribution < -0.4 is 21.5 Å². The van der Waals surface area contributed by atoms with E-state index in [0.717, 1.165) is 32.5 Å². The third kappa shape index (κ3) is 8.02. The maximum Gasteiger partial charge on any atom is 0.315 e. The average Bonchev–Trinajstić information content (AvgIpc) is 3.18. The standard InChI is InChI=1S/C19H32N6O2.CH2O2/c1-15-13-16(26)23-17(22-15)20-9-10-21-18(27)24-19(7-3-2-4-8-19)14-25-11-5-6-12-25;2-1-3/h13H,2-12,14H2,1H3,(H2,21,24,27)(H2,20,22,23,26);1H,(H,2,3). The molecule has 168 valence electrons. The first-order valence-corrected chi connectivity index (χ1v) is 10.6. The van der Waals surface area contributed by atoms with E-state index in [4.69, 9.17) is 9.90 Å². The first-order valence-electron chi connectivity index (χ1n) is 10.6. The van der Waals surface area contributed by atoms with Crippen LogP contribution in [0.5, 0.6) is 0 Å². The molecule has 0 radical (unpaired) electrons. The number of aromatic amines is 1. The molecule has 30 heavy (non-hydrogen) atoms. The Kier molecular flexibility index (Phi) is 9.59. The van der Waals surface area contributed by atoms with Crippen molar-refractivity contribution in [1.82, 2.24) is 25.5 Å². The highest BCUT2D eigenvalue weighted by atomic mass is 16.3. The number of rotatable bonds is 7. The number of nitrogens with one attached hydrogen (secondary N) is 4. The molecule has 2 fully saturated rings. The highest BCUT2D eigenvalue weighted by Gasteiger charge is 2.35. The predicted octanol–water partition coefficient (Wildman–Crippen LogP) is 1.29. The molecule has 2 amide bonds. The molecule has 1 aliphatic heterocycles. The van der Waals surface area contributed by atoms with Crippen LogP contribution in [0, 0.1) is 6.92 Å². The summed E-state index contributed by atoms with van der Waals surface area (Å²) in [6.07, 6.45) is 8.28. The van der Waals surface area contributed by atoms with E-state index in [9.17, 15) is 9.59 Å². The lowest BCUT2D eigenvalue weighted by Gasteiger charge is -2.40. The smallest absolute Gasteiger partial charge is 0.315 e. The van der Waals surface area contributed by atoms with Crippen molar-refractivity contribution in [2.24, 2.45) is 0 Å². The Morgan fingerprint density at radius 2 is 1.90 bits per heavy atom. The number of likely N-dealkylation sites (tertiary alicyclic amines) is 1. The van der Waals surface area contributed by atoms with E-state index in [1.54, 1.807) is 6.92 Å². The fourth-order valence-corrected chi connectivity index (χ4v) is 4.22. The zero-order valence-electron chi connectivity index (χ0n) is 17.7. The fourth-order valence-electron chi connectivity index (χ4n) is 4.22. The Morgan fingerprint density at radius 3 is 2.53 bits per heavy atom. The molecule has 0 unspecified atom stereocenters. The largest absolute Gasteiger partial charge is 0.483 e. The van der Waals surface area contributed by atoms with Crippen molar-refractivity contribution in [3.63, 3.8) is 0 Å². The summed E-state index contributed by atoms with van der Waals surface area (Å²) in [4.78, 5) is 41.6. The van der Waals surface area contributed by atoms with Crippen molar-refractivity contribution in [1.29, 1.82) is 0 Å². The van der Waals surface area contributed by atoms with Gasteiger partial charge in [-0.2, -0.15) is 0 Å². The molecule has 3 rings (SSSR count). The minimum absolute atomic E-state index is 0.0938. The van der Waals surface area contributed by atoms with Crippen LogP contribution in [0.3, 0.4) is 0 Å². The fraction of sp³-hybridized carbons (Fsp3) is 0.700. The molecule has 10 heteroatoms. The quantitative estimate of drug-likeness (QED) is 0.329. The summed E-state index contributed by atoms with van der Waals surface area (Å²) < 4.78 is 0. The Hall–Kier alpha value is -2.62. The van der Waals surface area contributed by atoms with Gasteiger partial charge in [-0.25, -0.2) is 9.78 Å². The van der Waals surface area contributed by atoms with Gasteiger partial charge in [0.1, 0.15) is 0 Å². The van der Waals surface area contributed by atoms with E-state index in [1.807, 2.05) is 0 Å². The van der Waals surface area contributed by atoms with Gasteiger partial charge in [-0.3, -0.25) is 14.6 Å². The van der Waals surface area contributed by atoms with Crippen LogP contribution in [0.25, 0.3) is 0 Å². The normalized spacial score (nSPS) is 18.0. The van der Waals surface area contributed by atoms with Crippen LogP contribution in [0.1, 0.15) is 50.6 Å². The van der Waals surface area contributed by atoms with Gasteiger partial charge >= 0.3 is 6.03 Å². The second-order valence-electron chi connectivity index (χ2n) is 7.97. The number of carbonyl (C=O) groups excluding carboxylic acids is 1. The predicted molar refractivity (Wildman–Crippen MR) is 115 cm³/mol. The van der Waals surface area contributed by atoms with Crippen molar-refractivity contribution in [2.75, 3.05) is 38.0 Å². The van der Waals surface area contributed by atoms with Crippen LogP contribution >= 0.6 is 0 Å². The first kappa shape index (κ1) is 23.7. The number of aromatic nitrogens is 2. The topological polar surface area (TPSA) is 139 Å². The number of amides is 2. The molecule has 0 spiro atoms. The van der Waals surface area contributed by atoms with Gasteiger partial charge in [0.05, 0.1) is 5.54 Å². The van der Waals surface area contributed by atoms with Crippen molar-refractivity contribution in [3.8, 4) is 0 Å². The zero-order valence-corrected chi connectivity index (χ0v) is 17.7. The molecule has 10 nitrogen and oxygen atoms in total. The van der Waals surface area contributed by atoms with Gasteiger partial charge in [-0.15, -0.1) is 0 Å². The number of nitrogens with zero attached hydrogens (tertiary/aromatic N) is 2. The molecule has 1 aliphatic carbocycles. The first-order chi connectivity index (χ1) is 14.5. The average molecular weight is 423 g/mol. The van der Waals surface area contributed by atoms with Crippen LogP contribution in [0.15, 0.2) is 10.9 Å². The Labute approximate surface area is 176 Å². The summed E-state index contributed by atoms with van der Waals surface area (Å²) >= 11 is 0. The summed E-state index contributed by atoms with van der Waals surface area (Å²) in [6, 6.07) is 1.34. The summed E-state index contributed by atoms with van der Waals surface area (Å²) in [7, 11) is 0. The lowest BCUT2D eigenvalue weighted by atomic mass is 9.81. The van der Waals surface area contributed by atoms with Crippen molar-refractivity contribution < 1.29 is 14.7 Å². The van der Waals surface area contributed by atoms with Crippen LogP contribution in [0.4, 0.5) is 10.7 Å². The summed E-state index contributed by atoms with van der Waals surface area (Å²) in [5.41, 5.74) is 0.383. The summed E-state index contributed by atoms with van der Waals surface area (Å²) in [6.45, 7) is 5.75. The second-order valence-corrected chi connectivity index (χ2v) is 7.97. The molecule has 1 saturated heterocycles. The molecule has 2 aliphatic rings. The molecule has 0 atom stereocenters. The number of carboxylic acid groups (broad SMARTS) is 1. The van der Waals surface area contributed by atoms with Crippen LogP contribution in [-0.2, 0) is 4.79 Å². The van der Waals surface area contributed by atoms with Gasteiger partial charge in [0.25, 0.3) is 12.0 Å². The molecule has 5 N–H and O–H groups in total. The lowest BCUT2D eigenvalue weighted by Crippen LogP contribution is -2.58. The van der Waals surface area contributed by atoms with Crippen molar-refractivity contribution in [3.05, 3.63) is 22.1 Å². The number of carbonyl (C=O) groups is 2. The monoisotopic (exact) mass is 422 g/mol. The number of anilines is 1. The molecular weight excluding hydrogens is 388 g/mol. The summed E-state index contributed by atoms with van der Waals surface area (Å²) in [5, 5.41) is 16.1. The maximum atomic E-state index is 12.5. The second kappa shape index (κ2) is 12.2. The maximum absolute atomic E-state index is 12.5. The molecule has 2 heterocycles. The number of aryl methyl sites for hydroxylation is 1. The third-order valence-corrected chi connectivity index (χ3v) is 5.49. The molecule has 1 aromatic heterocycles. The van der Waals surface area contributed by atoms with E-state index in [1.165, 1.54) is 38.2 Å². The minimum atomic E-state index is -0.250. The number of hydrogen-bond acceptors (Lipinski definition) is 6. The minimum Gasteiger partial charge on any atom is -0.483 e. The van der Waals surface area contributed by atoms with Crippen molar-refractivity contribution >= 4 is 18.5 Å². The van der Waals surface area contributed by atoms with E-state index >= 15 is 0 Å². The van der Waals surface area contributed by atoms with Gasteiger partial charge in [0, 0.05) is 31.4 Å². The van der Waals surface area contributed by atoms with Crippen LogP contribution in [-0.4, -0.2) is 70.7 Å². The molecular formula is C20H34N6O4. The Balaban J connectivity index is 0.00000101. The van der Waals surface area contributed by atoms with Crippen molar-refractivity contribution in [2.45, 2.75) is 57.4 Å². The van der Waals surface area contributed by atoms with Crippen LogP contribution in [0.2, 0.25) is 0 Å². The SMILES string of the molecule is Cc1cc(=O)[nH]c(NCCNC(=O)NC2(CN3CCCC3)CCCCC2)n1.O=CO. The Bertz CT molecular complexity index is 726. The highest BCUT2D eigenvalue weighted by molar-refractivity contribution is 5.74. The molecule has 1 aromatic rings. The number of hydrogen-bond donors (Lipinski definition) is 5. The third-order valence-electron chi connectivity index (χ3n) is 5.49. The molecule has 0 aromatic carbocycles. The summed E-state index contributed by atoms with van der Waals surface area (Å²) in [5.74, 6) is 0.431. The number of urea groups is 1. The lowest BCUT2D eigenvalue weighted by molar-refractivity contribution is -0.122. The number of H-pyrrole nitrogens is 1. The van der Waals surface area contributed by atoms with Gasteiger partial charge in [0.15, 0.2) is 0 Å². The van der Waals surface area contributed by atoms with Gasteiger partial charge in [-0.05, 0) is 45.7 Å². The molecule has 0 bridgehead atoms. The molecule has 1 saturated carbocycles. The zero-order chi connectivity index (χ0) is 21.8. The highest BCUT2D eigenvalue weighted by Crippen LogP contribution is 2.30. The van der Waals surface area contributed by atoms with Gasteiger partial charge in [0.2, 0.25) is 5.95 Å². The van der Waals surface area contributed by atoms with E-state index in [-0.39, 0.29) is 23.6 Å². The Morgan fingerprint density at radius 1 is 1.23 bits per heavy atom. The van der Waals surface area contributed by atoms with Gasteiger partial charge in [-0.1, -0.05) is 19.3 Å². The van der Waals surface area contributed by atoms with E-state index in [2.05, 4.69) is 30.8 Å². The van der Waals surface area contributed by atoms with Gasteiger partial charge < -0.3 is 26.0 Å².